The van der Waals surface area contributed by atoms with Crippen LogP contribution in [0.15, 0.2) is 23.1 Å². The topological polar surface area (TPSA) is 38.3 Å². The first-order valence-electron chi connectivity index (χ1n) is 5.97. The predicted octanol–water partition coefficient (Wildman–Crippen LogP) is 2.41. The van der Waals surface area contributed by atoms with Gasteiger partial charge < -0.3 is 10.1 Å². The maximum Gasteiger partial charge on any atom is 0.254 e. The van der Waals surface area contributed by atoms with E-state index >= 15 is 0 Å². The van der Waals surface area contributed by atoms with Crippen molar-refractivity contribution in [2.24, 2.45) is 0 Å². The monoisotopic (exact) mass is 269 g/mol. The Morgan fingerprint density at radius 2 is 2.33 bits per heavy atom. The zero-order chi connectivity index (χ0) is 13.1. The molecule has 1 N–H and O–H groups in total. The van der Waals surface area contributed by atoms with Gasteiger partial charge in [0, 0.05) is 17.5 Å². The van der Waals surface area contributed by atoms with Gasteiger partial charge in [0.25, 0.3) is 5.91 Å². The molecule has 98 valence electrons. The minimum absolute atomic E-state index is 0.0432. The second-order valence-corrected chi connectivity index (χ2v) is 5.06. The second kappa shape index (κ2) is 5.71. The van der Waals surface area contributed by atoms with Gasteiger partial charge in [-0.15, -0.1) is 12.6 Å². The molecule has 2 atom stereocenters. The van der Waals surface area contributed by atoms with Crippen molar-refractivity contribution in [2.75, 3.05) is 6.61 Å². The van der Waals surface area contributed by atoms with Crippen LogP contribution in [0, 0.1) is 5.82 Å². The molecule has 1 heterocycles. The van der Waals surface area contributed by atoms with E-state index in [1.165, 1.54) is 18.2 Å². The van der Waals surface area contributed by atoms with E-state index in [0.717, 1.165) is 12.8 Å². The molecule has 0 bridgehead atoms. The molecule has 0 radical (unpaired) electrons. The molecule has 1 aliphatic rings. The Hall–Kier alpha value is -1.07. The van der Waals surface area contributed by atoms with Crippen LogP contribution in [-0.4, -0.2) is 24.7 Å². The summed E-state index contributed by atoms with van der Waals surface area (Å²) in [5, 5.41) is 2.84. The van der Waals surface area contributed by atoms with E-state index in [0.29, 0.717) is 11.5 Å². The van der Waals surface area contributed by atoms with Crippen LogP contribution in [-0.2, 0) is 4.74 Å². The number of amides is 1. The second-order valence-electron chi connectivity index (χ2n) is 4.54. The van der Waals surface area contributed by atoms with E-state index in [2.05, 4.69) is 17.9 Å². The lowest BCUT2D eigenvalue weighted by molar-refractivity contribution is 0.0136. The highest BCUT2D eigenvalue weighted by Crippen LogP contribution is 2.16. The van der Waals surface area contributed by atoms with Crippen LogP contribution in [0.3, 0.4) is 0 Å². The van der Waals surface area contributed by atoms with E-state index in [1.807, 2.05) is 6.92 Å². The maximum absolute atomic E-state index is 13.5. The summed E-state index contributed by atoms with van der Waals surface area (Å²) < 4.78 is 18.9. The SMILES string of the molecule is CC1CC(NC(=O)c2cc(S)ccc2F)CCO1. The number of hydrogen-bond acceptors (Lipinski definition) is 3. The van der Waals surface area contributed by atoms with E-state index in [9.17, 15) is 9.18 Å². The molecule has 5 heteroatoms. The molecule has 1 aromatic carbocycles. The smallest absolute Gasteiger partial charge is 0.254 e. The standard InChI is InChI=1S/C13H16FNO2S/c1-8-6-9(4-5-17-8)15-13(16)11-7-10(18)2-3-12(11)14/h2-3,7-9,18H,4-6H2,1H3,(H,15,16). The predicted molar refractivity (Wildman–Crippen MR) is 69.6 cm³/mol. The van der Waals surface area contributed by atoms with Gasteiger partial charge >= 0.3 is 0 Å². The van der Waals surface area contributed by atoms with E-state index in [-0.39, 0.29) is 23.6 Å². The fourth-order valence-corrected chi connectivity index (χ4v) is 2.28. The molecule has 0 aromatic heterocycles. The quantitative estimate of drug-likeness (QED) is 0.809. The van der Waals surface area contributed by atoms with Crippen molar-refractivity contribution in [3.63, 3.8) is 0 Å². The van der Waals surface area contributed by atoms with Crippen LogP contribution >= 0.6 is 12.6 Å². The molecule has 2 rings (SSSR count). The molecule has 0 spiro atoms. The van der Waals surface area contributed by atoms with Gasteiger partial charge in [0.05, 0.1) is 11.7 Å². The molecule has 1 amide bonds. The minimum Gasteiger partial charge on any atom is -0.378 e. The number of benzene rings is 1. The normalized spacial score (nSPS) is 23.7. The van der Waals surface area contributed by atoms with Crippen LogP contribution < -0.4 is 5.32 Å². The lowest BCUT2D eigenvalue weighted by Crippen LogP contribution is -2.41. The van der Waals surface area contributed by atoms with E-state index in [4.69, 9.17) is 4.74 Å². The van der Waals surface area contributed by atoms with Crippen LogP contribution in [0.4, 0.5) is 4.39 Å². The van der Waals surface area contributed by atoms with Crippen LogP contribution in [0.5, 0.6) is 0 Å². The summed E-state index contributed by atoms with van der Waals surface area (Å²) >= 11 is 4.11. The highest BCUT2D eigenvalue weighted by atomic mass is 32.1. The minimum atomic E-state index is -0.523. The number of ether oxygens (including phenoxy) is 1. The van der Waals surface area contributed by atoms with Crippen molar-refractivity contribution < 1.29 is 13.9 Å². The first-order chi connectivity index (χ1) is 8.56. The summed E-state index contributed by atoms with van der Waals surface area (Å²) in [6.45, 7) is 2.59. The Morgan fingerprint density at radius 1 is 1.56 bits per heavy atom. The van der Waals surface area contributed by atoms with Crippen LogP contribution in [0.25, 0.3) is 0 Å². The Labute approximate surface area is 111 Å². The molecule has 1 saturated heterocycles. The zero-order valence-electron chi connectivity index (χ0n) is 10.1. The number of halogens is 1. The van der Waals surface area contributed by atoms with Gasteiger partial charge in [-0.05, 0) is 38.0 Å². The molecule has 18 heavy (non-hydrogen) atoms. The zero-order valence-corrected chi connectivity index (χ0v) is 11.0. The van der Waals surface area contributed by atoms with Crippen molar-refractivity contribution >= 4 is 18.5 Å². The summed E-state index contributed by atoms with van der Waals surface area (Å²) in [5.41, 5.74) is 0.0432. The van der Waals surface area contributed by atoms with Gasteiger partial charge in [-0.2, -0.15) is 0 Å². The molecule has 1 fully saturated rings. The fraction of sp³-hybridized carbons (Fsp3) is 0.462. The van der Waals surface area contributed by atoms with Crippen molar-refractivity contribution in [3.8, 4) is 0 Å². The largest absolute Gasteiger partial charge is 0.378 e. The summed E-state index contributed by atoms with van der Waals surface area (Å²) in [6.07, 6.45) is 1.65. The Balaban J connectivity index is 2.05. The van der Waals surface area contributed by atoms with Gasteiger partial charge in [0.15, 0.2) is 0 Å². The number of carbonyl (C=O) groups is 1. The highest BCUT2D eigenvalue weighted by molar-refractivity contribution is 7.80. The van der Waals surface area contributed by atoms with E-state index in [1.54, 1.807) is 0 Å². The molecule has 3 nitrogen and oxygen atoms in total. The van der Waals surface area contributed by atoms with E-state index < -0.39 is 5.82 Å². The van der Waals surface area contributed by atoms with Gasteiger partial charge in [-0.1, -0.05) is 0 Å². The lowest BCUT2D eigenvalue weighted by Gasteiger charge is -2.28. The Kier molecular flexibility index (Phi) is 4.24. The highest BCUT2D eigenvalue weighted by Gasteiger charge is 2.22. The van der Waals surface area contributed by atoms with Gasteiger partial charge in [-0.3, -0.25) is 4.79 Å². The molecule has 0 saturated carbocycles. The van der Waals surface area contributed by atoms with Crippen molar-refractivity contribution in [3.05, 3.63) is 29.6 Å². The molecular weight excluding hydrogens is 253 g/mol. The van der Waals surface area contributed by atoms with Crippen LogP contribution in [0.1, 0.15) is 30.1 Å². The van der Waals surface area contributed by atoms with Crippen molar-refractivity contribution in [1.82, 2.24) is 5.32 Å². The number of carbonyl (C=O) groups excluding carboxylic acids is 1. The first kappa shape index (κ1) is 13.4. The molecule has 1 aliphatic heterocycles. The maximum atomic E-state index is 13.5. The number of thiol groups is 1. The van der Waals surface area contributed by atoms with Crippen molar-refractivity contribution in [2.45, 2.75) is 36.8 Å². The van der Waals surface area contributed by atoms with Crippen molar-refractivity contribution in [1.29, 1.82) is 0 Å². The summed E-state index contributed by atoms with van der Waals surface area (Å²) in [4.78, 5) is 12.5. The average Bonchev–Trinajstić information content (AvgIpc) is 2.32. The Morgan fingerprint density at radius 3 is 3.06 bits per heavy atom. The van der Waals surface area contributed by atoms with Crippen LogP contribution in [0.2, 0.25) is 0 Å². The average molecular weight is 269 g/mol. The fourth-order valence-electron chi connectivity index (χ4n) is 2.08. The third-order valence-corrected chi connectivity index (χ3v) is 3.29. The van der Waals surface area contributed by atoms with Gasteiger partial charge in [0.2, 0.25) is 0 Å². The molecular formula is C13H16FNO2S. The molecule has 2 unspecified atom stereocenters. The third-order valence-electron chi connectivity index (χ3n) is 3.01. The Bertz CT molecular complexity index is 453. The summed E-state index contributed by atoms with van der Waals surface area (Å²) in [7, 11) is 0. The summed E-state index contributed by atoms with van der Waals surface area (Å²) in [5.74, 6) is -0.909. The number of nitrogens with one attached hydrogen (secondary N) is 1. The first-order valence-corrected chi connectivity index (χ1v) is 6.42. The molecule has 1 aromatic rings. The third kappa shape index (κ3) is 3.23. The van der Waals surface area contributed by atoms with Gasteiger partial charge in [-0.25, -0.2) is 4.39 Å². The lowest BCUT2D eigenvalue weighted by atomic mass is 10.0. The molecule has 0 aliphatic carbocycles. The number of hydrogen-bond donors (Lipinski definition) is 2. The number of rotatable bonds is 2. The summed E-state index contributed by atoms with van der Waals surface area (Å²) in [6, 6.07) is 4.26. The van der Waals surface area contributed by atoms with Gasteiger partial charge in [0.1, 0.15) is 5.82 Å².